The van der Waals surface area contributed by atoms with E-state index >= 15 is 0 Å². The lowest BCUT2D eigenvalue weighted by molar-refractivity contribution is 0.891. The summed E-state index contributed by atoms with van der Waals surface area (Å²) < 4.78 is 1.64. The molecule has 5 heteroatoms. The standard InChI is InChI=1S/C15H11Cl2N3/c16-10-4-3-5-11(8-10)20-15(18)13(9-19-20)12-6-1-2-7-14(12)17/h1-9H,18H2. The zero-order valence-corrected chi connectivity index (χ0v) is 11.9. The van der Waals surface area contributed by atoms with Crippen molar-refractivity contribution in [3.05, 3.63) is 64.8 Å². The molecule has 0 saturated heterocycles. The van der Waals surface area contributed by atoms with Gasteiger partial charge in [0.2, 0.25) is 0 Å². The Labute approximate surface area is 126 Å². The Morgan fingerprint density at radius 3 is 2.50 bits per heavy atom. The van der Waals surface area contributed by atoms with Crippen molar-refractivity contribution in [1.29, 1.82) is 0 Å². The first kappa shape index (κ1) is 13.0. The molecule has 20 heavy (non-hydrogen) atoms. The molecule has 2 N–H and O–H groups in total. The average molecular weight is 304 g/mol. The largest absolute Gasteiger partial charge is 0.383 e. The third-order valence-electron chi connectivity index (χ3n) is 3.02. The molecule has 1 aromatic heterocycles. The monoisotopic (exact) mass is 303 g/mol. The molecule has 0 atom stereocenters. The first-order chi connectivity index (χ1) is 9.66. The Hall–Kier alpha value is -1.97. The van der Waals surface area contributed by atoms with Gasteiger partial charge in [-0.25, -0.2) is 4.68 Å². The third-order valence-corrected chi connectivity index (χ3v) is 3.59. The molecule has 1 heterocycles. The molecule has 0 aliphatic heterocycles. The summed E-state index contributed by atoms with van der Waals surface area (Å²) >= 11 is 12.2. The molecule has 0 unspecified atom stereocenters. The summed E-state index contributed by atoms with van der Waals surface area (Å²) in [5.74, 6) is 0.528. The fraction of sp³-hybridized carbons (Fsp3) is 0. The van der Waals surface area contributed by atoms with Crippen LogP contribution < -0.4 is 5.73 Å². The molecule has 0 amide bonds. The number of aromatic nitrogens is 2. The summed E-state index contributed by atoms with van der Waals surface area (Å²) in [6.45, 7) is 0. The van der Waals surface area contributed by atoms with Crippen LogP contribution in [0.4, 0.5) is 5.82 Å². The fourth-order valence-electron chi connectivity index (χ4n) is 2.06. The van der Waals surface area contributed by atoms with Gasteiger partial charge in [0.1, 0.15) is 5.82 Å². The Morgan fingerprint density at radius 2 is 1.75 bits per heavy atom. The van der Waals surface area contributed by atoms with Crippen LogP contribution in [0.15, 0.2) is 54.7 Å². The van der Waals surface area contributed by atoms with Crippen LogP contribution >= 0.6 is 23.2 Å². The summed E-state index contributed by atoms with van der Waals surface area (Å²) in [6, 6.07) is 14.9. The van der Waals surface area contributed by atoms with Gasteiger partial charge in [-0.3, -0.25) is 0 Å². The number of halogens is 2. The van der Waals surface area contributed by atoms with Crippen LogP contribution in [0.5, 0.6) is 0 Å². The molecule has 0 fully saturated rings. The van der Waals surface area contributed by atoms with E-state index in [0.717, 1.165) is 16.8 Å². The summed E-state index contributed by atoms with van der Waals surface area (Å²) in [5.41, 5.74) is 8.66. The Morgan fingerprint density at radius 1 is 0.950 bits per heavy atom. The second kappa shape index (κ2) is 5.19. The lowest BCUT2D eigenvalue weighted by Crippen LogP contribution is -2.02. The van der Waals surface area contributed by atoms with Gasteiger partial charge < -0.3 is 5.73 Å². The molecule has 0 saturated carbocycles. The van der Waals surface area contributed by atoms with Crippen LogP contribution in [0.25, 0.3) is 16.8 Å². The summed E-state index contributed by atoms with van der Waals surface area (Å²) in [4.78, 5) is 0. The topological polar surface area (TPSA) is 43.8 Å². The minimum Gasteiger partial charge on any atom is -0.383 e. The highest BCUT2D eigenvalue weighted by molar-refractivity contribution is 6.33. The van der Waals surface area contributed by atoms with Gasteiger partial charge in [-0.1, -0.05) is 47.5 Å². The first-order valence-corrected chi connectivity index (χ1v) is 6.77. The minimum atomic E-state index is 0.528. The highest BCUT2D eigenvalue weighted by atomic mass is 35.5. The smallest absolute Gasteiger partial charge is 0.135 e. The van der Waals surface area contributed by atoms with E-state index in [1.165, 1.54) is 0 Å². The molecular formula is C15H11Cl2N3. The van der Waals surface area contributed by atoms with Gasteiger partial charge in [0.25, 0.3) is 0 Å². The number of hydrogen-bond acceptors (Lipinski definition) is 2. The van der Waals surface area contributed by atoms with E-state index in [9.17, 15) is 0 Å². The van der Waals surface area contributed by atoms with E-state index in [-0.39, 0.29) is 0 Å². The molecule has 3 rings (SSSR count). The van der Waals surface area contributed by atoms with Crippen LogP contribution in [0, 0.1) is 0 Å². The Kier molecular flexibility index (Phi) is 3.38. The summed E-state index contributed by atoms with van der Waals surface area (Å²) in [5, 5.41) is 5.60. The van der Waals surface area contributed by atoms with Crippen molar-refractivity contribution in [3.8, 4) is 16.8 Å². The number of nitrogen functional groups attached to an aromatic ring is 1. The molecule has 2 aromatic carbocycles. The van der Waals surface area contributed by atoms with Gasteiger partial charge in [0.05, 0.1) is 11.9 Å². The quantitative estimate of drug-likeness (QED) is 0.761. The van der Waals surface area contributed by atoms with E-state index in [0.29, 0.717) is 15.9 Å². The zero-order chi connectivity index (χ0) is 14.1. The maximum absolute atomic E-state index is 6.20. The number of anilines is 1. The molecule has 3 nitrogen and oxygen atoms in total. The Bertz CT molecular complexity index is 765. The lowest BCUT2D eigenvalue weighted by atomic mass is 10.1. The van der Waals surface area contributed by atoms with Gasteiger partial charge in [-0.15, -0.1) is 0 Å². The maximum Gasteiger partial charge on any atom is 0.135 e. The number of rotatable bonds is 2. The van der Waals surface area contributed by atoms with E-state index in [4.69, 9.17) is 28.9 Å². The second-order valence-electron chi connectivity index (χ2n) is 4.32. The van der Waals surface area contributed by atoms with Gasteiger partial charge in [-0.2, -0.15) is 5.10 Å². The van der Waals surface area contributed by atoms with E-state index in [1.54, 1.807) is 23.0 Å². The van der Waals surface area contributed by atoms with Crippen molar-refractivity contribution in [2.75, 3.05) is 5.73 Å². The van der Waals surface area contributed by atoms with Crippen molar-refractivity contribution >= 4 is 29.0 Å². The fourth-order valence-corrected chi connectivity index (χ4v) is 2.48. The third kappa shape index (κ3) is 2.26. The molecule has 3 aromatic rings. The van der Waals surface area contributed by atoms with Gasteiger partial charge in [0.15, 0.2) is 0 Å². The van der Waals surface area contributed by atoms with Crippen molar-refractivity contribution in [3.63, 3.8) is 0 Å². The minimum absolute atomic E-state index is 0.528. The predicted molar refractivity (Wildman–Crippen MR) is 83.4 cm³/mol. The van der Waals surface area contributed by atoms with E-state index in [1.807, 2.05) is 36.4 Å². The molecule has 0 radical (unpaired) electrons. The SMILES string of the molecule is Nc1c(-c2ccccc2Cl)cnn1-c1cccc(Cl)c1. The number of nitrogens with zero attached hydrogens (tertiary/aromatic N) is 2. The molecule has 100 valence electrons. The van der Waals surface area contributed by atoms with Gasteiger partial charge >= 0.3 is 0 Å². The second-order valence-corrected chi connectivity index (χ2v) is 5.16. The summed E-state index contributed by atoms with van der Waals surface area (Å²) in [6.07, 6.45) is 1.71. The van der Waals surface area contributed by atoms with E-state index in [2.05, 4.69) is 5.10 Å². The van der Waals surface area contributed by atoms with Crippen LogP contribution in [-0.4, -0.2) is 9.78 Å². The van der Waals surface area contributed by atoms with Gasteiger partial charge in [0, 0.05) is 21.2 Å². The van der Waals surface area contributed by atoms with Crippen molar-refractivity contribution in [1.82, 2.24) is 9.78 Å². The van der Waals surface area contributed by atoms with Crippen LogP contribution in [0.1, 0.15) is 0 Å². The summed E-state index contributed by atoms with van der Waals surface area (Å²) in [7, 11) is 0. The van der Waals surface area contributed by atoms with E-state index < -0.39 is 0 Å². The molecular weight excluding hydrogens is 293 g/mol. The number of benzene rings is 2. The molecule has 0 aliphatic rings. The van der Waals surface area contributed by atoms with Crippen molar-refractivity contribution in [2.24, 2.45) is 0 Å². The zero-order valence-electron chi connectivity index (χ0n) is 10.4. The molecule has 0 spiro atoms. The highest BCUT2D eigenvalue weighted by Crippen LogP contribution is 2.32. The maximum atomic E-state index is 6.20. The molecule has 0 bridgehead atoms. The Balaban J connectivity index is 2.12. The first-order valence-electron chi connectivity index (χ1n) is 6.01. The van der Waals surface area contributed by atoms with Gasteiger partial charge in [-0.05, 0) is 24.3 Å². The number of nitrogens with two attached hydrogens (primary N) is 1. The highest BCUT2D eigenvalue weighted by Gasteiger charge is 2.13. The number of hydrogen-bond donors (Lipinski definition) is 1. The van der Waals surface area contributed by atoms with Crippen molar-refractivity contribution in [2.45, 2.75) is 0 Å². The lowest BCUT2D eigenvalue weighted by Gasteiger charge is -2.06. The van der Waals surface area contributed by atoms with Crippen LogP contribution in [-0.2, 0) is 0 Å². The average Bonchev–Trinajstić information content (AvgIpc) is 2.81. The van der Waals surface area contributed by atoms with Crippen LogP contribution in [0.3, 0.4) is 0 Å². The van der Waals surface area contributed by atoms with Crippen LogP contribution in [0.2, 0.25) is 10.0 Å². The van der Waals surface area contributed by atoms with Crippen molar-refractivity contribution < 1.29 is 0 Å². The normalized spacial score (nSPS) is 10.7. The predicted octanol–water partition coefficient (Wildman–Crippen LogP) is 4.43. The molecule has 0 aliphatic carbocycles.